The van der Waals surface area contributed by atoms with Gasteiger partial charge in [0.2, 0.25) is 17.0 Å². The van der Waals surface area contributed by atoms with Gasteiger partial charge in [-0.05, 0) is 18.9 Å². The molecule has 9 nitrogen and oxygen atoms in total. The summed E-state index contributed by atoms with van der Waals surface area (Å²) in [5.74, 6) is 0.583. The predicted octanol–water partition coefficient (Wildman–Crippen LogP) is 0.989. The topological polar surface area (TPSA) is 105 Å². The molecule has 2 N–H and O–H groups in total. The fourth-order valence-electron chi connectivity index (χ4n) is 2.64. The van der Waals surface area contributed by atoms with E-state index >= 15 is 0 Å². The minimum Gasteiger partial charge on any atom is -0.377 e. The van der Waals surface area contributed by atoms with Gasteiger partial charge in [0.1, 0.15) is 11.6 Å². The van der Waals surface area contributed by atoms with E-state index in [-0.39, 0.29) is 5.91 Å². The summed E-state index contributed by atoms with van der Waals surface area (Å²) in [4.78, 5) is 22.6. The van der Waals surface area contributed by atoms with Crippen molar-refractivity contribution in [3.05, 3.63) is 23.5 Å². The minimum atomic E-state index is -0.0714. The summed E-state index contributed by atoms with van der Waals surface area (Å²) in [6.45, 7) is 2.46. The molecular weight excluding hydrogens is 342 g/mol. The number of hydrogen-bond donors (Lipinski definition) is 2. The Morgan fingerprint density at radius 2 is 2.08 bits per heavy atom. The lowest BCUT2D eigenvalue weighted by Gasteiger charge is -2.31. The van der Waals surface area contributed by atoms with Crippen LogP contribution in [0.3, 0.4) is 0 Å². The smallest absolute Gasteiger partial charge is 0.240 e. The Hall–Kier alpha value is -2.17. The first-order chi connectivity index (χ1) is 12.2. The molecule has 0 spiro atoms. The quantitative estimate of drug-likeness (QED) is 0.750. The van der Waals surface area contributed by atoms with Crippen molar-refractivity contribution in [2.24, 2.45) is 0 Å². The number of hydrogen-bond acceptors (Lipinski definition) is 9. The maximum Gasteiger partial charge on any atom is 0.240 e. The molecule has 10 heteroatoms. The zero-order valence-electron chi connectivity index (χ0n) is 14.0. The molecular formula is C15H21N7O2S. The molecule has 1 aliphatic heterocycles. The van der Waals surface area contributed by atoms with Crippen LogP contribution in [0.5, 0.6) is 0 Å². The van der Waals surface area contributed by atoms with E-state index in [4.69, 9.17) is 4.74 Å². The number of ether oxygens (including phenoxy) is 1. The SMILES string of the molecule is COCc1nnc(NC(=O)CN2CCC(Nc3ncccn3)CC2)s1. The van der Waals surface area contributed by atoms with Crippen LogP contribution in [0, 0.1) is 0 Å². The number of rotatable bonds is 7. The molecule has 0 saturated carbocycles. The summed E-state index contributed by atoms with van der Waals surface area (Å²) in [5.41, 5.74) is 0. The number of likely N-dealkylation sites (tertiary alicyclic amines) is 1. The first-order valence-corrected chi connectivity index (χ1v) is 8.91. The number of nitrogens with zero attached hydrogens (tertiary/aromatic N) is 5. The van der Waals surface area contributed by atoms with Crippen molar-refractivity contribution in [3.8, 4) is 0 Å². The molecule has 0 unspecified atom stereocenters. The Morgan fingerprint density at radius 1 is 1.32 bits per heavy atom. The van der Waals surface area contributed by atoms with Crippen molar-refractivity contribution in [1.82, 2.24) is 25.1 Å². The molecule has 1 fully saturated rings. The average Bonchev–Trinajstić information content (AvgIpc) is 3.05. The molecule has 1 amide bonds. The van der Waals surface area contributed by atoms with Crippen molar-refractivity contribution < 1.29 is 9.53 Å². The Labute approximate surface area is 149 Å². The van der Waals surface area contributed by atoms with Crippen LogP contribution in [0.1, 0.15) is 17.8 Å². The van der Waals surface area contributed by atoms with Gasteiger partial charge in [0, 0.05) is 38.6 Å². The van der Waals surface area contributed by atoms with Gasteiger partial charge in [-0.15, -0.1) is 10.2 Å². The average molecular weight is 363 g/mol. The molecule has 3 rings (SSSR count). The van der Waals surface area contributed by atoms with E-state index in [0.29, 0.717) is 30.3 Å². The number of aromatic nitrogens is 4. The van der Waals surface area contributed by atoms with Gasteiger partial charge in [0.15, 0.2) is 0 Å². The van der Waals surface area contributed by atoms with Gasteiger partial charge in [0.05, 0.1) is 6.54 Å². The lowest BCUT2D eigenvalue weighted by molar-refractivity contribution is -0.117. The van der Waals surface area contributed by atoms with Crippen LogP contribution in [0.15, 0.2) is 18.5 Å². The standard InChI is InChI=1S/C15H21N7O2S/c1-24-10-13-20-21-15(25-13)19-12(23)9-22-7-3-11(4-8-22)18-14-16-5-2-6-17-14/h2,5-6,11H,3-4,7-10H2,1H3,(H,16,17,18)(H,19,21,23). The molecule has 0 aromatic carbocycles. The highest BCUT2D eigenvalue weighted by Crippen LogP contribution is 2.17. The van der Waals surface area contributed by atoms with E-state index in [0.717, 1.165) is 30.9 Å². The monoisotopic (exact) mass is 363 g/mol. The summed E-state index contributed by atoms with van der Waals surface area (Å²) in [6, 6.07) is 2.13. The van der Waals surface area contributed by atoms with E-state index < -0.39 is 0 Å². The van der Waals surface area contributed by atoms with Gasteiger partial charge in [0.25, 0.3) is 0 Å². The molecule has 2 aromatic heterocycles. The highest BCUT2D eigenvalue weighted by Gasteiger charge is 2.21. The second-order valence-electron chi connectivity index (χ2n) is 5.75. The second kappa shape index (κ2) is 8.79. The van der Waals surface area contributed by atoms with Crippen molar-refractivity contribution in [2.75, 3.05) is 37.4 Å². The first kappa shape index (κ1) is 17.6. The summed E-state index contributed by atoms with van der Waals surface area (Å²) < 4.78 is 4.99. The number of amides is 1. The zero-order valence-corrected chi connectivity index (χ0v) is 14.8. The maximum absolute atomic E-state index is 12.1. The second-order valence-corrected chi connectivity index (χ2v) is 6.81. The third-order valence-electron chi connectivity index (χ3n) is 3.83. The highest BCUT2D eigenvalue weighted by atomic mass is 32.1. The van der Waals surface area contributed by atoms with Gasteiger partial charge in [-0.25, -0.2) is 9.97 Å². The maximum atomic E-state index is 12.1. The molecule has 0 aliphatic carbocycles. The Balaban J connectivity index is 1.40. The number of carbonyl (C=O) groups is 1. The lowest BCUT2D eigenvalue weighted by atomic mass is 10.1. The third-order valence-corrected chi connectivity index (χ3v) is 4.65. The number of nitrogens with one attached hydrogen (secondary N) is 2. The van der Waals surface area contributed by atoms with Crippen molar-refractivity contribution >= 4 is 28.3 Å². The van der Waals surface area contributed by atoms with E-state index in [9.17, 15) is 4.79 Å². The van der Waals surface area contributed by atoms with Gasteiger partial charge in [-0.1, -0.05) is 11.3 Å². The van der Waals surface area contributed by atoms with E-state index in [2.05, 4.69) is 35.7 Å². The van der Waals surface area contributed by atoms with Gasteiger partial charge in [-0.2, -0.15) is 0 Å². The van der Waals surface area contributed by atoms with Crippen LogP contribution in [0.25, 0.3) is 0 Å². The Bertz CT molecular complexity index is 674. The van der Waals surface area contributed by atoms with E-state index in [1.54, 1.807) is 25.6 Å². The fourth-order valence-corrected chi connectivity index (χ4v) is 3.37. The van der Waals surface area contributed by atoms with Gasteiger partial charge in [-0.3, -0.25) is 15.0 Å². The van der Waals surface area contributed by atoms with Crippen LogP contribution < -0.4 is 10.6 Å². The molecule has 0 atom stereocenters. The zero-order chi connectivity index (χ0) is 17.5. The van der Waals surface area contributed by atoms with Gasteiger partial charge < -0.3 is 10.1 Å². The molecule has 0 bridgehead atoms. The molecule has 1 aliphatic rings. The molecule has 2 aromatic rings. The summed E-state index contributed by atoms with van der Waals surface area (Å²) in [5, 5.41) is 15.3. The Morgan fingerprint density at radius 3 is 2.80 bits per heavy atom. The molecule has 1 saturated heterocycles. The largest absolute Gasteiger partial charge is 0.377 e. The van der Waals surface area contributed by atoms with Crippen LogP contribution in [0.2, 0.25) is 0 Å². The molecule has 0 radical (unpaired) electrons. The molecule has 25 heavy (non-hydrogen) atoms. The number of methoxy groups -OCH3 is 1. The first-order valence-electron chi connectivity index (χ1n) is 8.10. The van der Waals surface area contributed by atoms with Crippen molar-refractivity contribution in [2.45, 2.75) is 25.5 Å². The van der Waals surface area contributed by atoms with Crippen LogP contribution in [0.4, 0.5) is 11.1 Å². The van der Waals surface area contributed by atoms with Crippen molar-refractivity contribution in [3.63, 3.8) is 0 Å². The molecule has 3 heterocycles. The number of anilines is 2. The summed E-state index contributed by atoms with van der Waals surface area (Å²) in [7, 11) is 1.60. The van der Waals surface area contributed by atoms with Crippen LogP contribution in [-0.2, 0) is 16.1 Å². The predicted molar refractivity (Wildman–Crippen MR) is 94.4 cm³/mol. The third kappa shape index (κ3) is 5.41. The van der Waals surface area contributed by atoms with E-state index in [1.807, 2.05) is 0 Å². The molecule has 134 valence electrons. The van der Waals surface area contributed by atoms with Crippen LogP contribution in [-0.4, -0.2) is 63.8 Å². The normalized spacial score (nSPS) is 15.9. The minimum absolute atomic E-state index is 0.0714. The van der Waals surface area contributed by atoms with E-state index in [1.165, 1.54) is 11.3 Å². The number of piperidine rings is 1. The Kier molecular flexibility index (Phi) is 6.20. The summed E-state index contributed by atoms with van der Waals surface area (Å²) in [6.07, 6.45) is 5.34. The highest BCUT2D eigenvalue weighted by molar-refractivity contribution is 7.15. The lowest BCUT2D eigenvalue weighted by Crippen LogP contribution is -2.42. The van der Waals surface area contributed by atoms with Crippen molar-refractivity contribution in [1.29, 1.82) is 0 Å². The summed E-state index contributed by atoms with van der Waals surface area (Å²) >= 11 is 1.33. The van der Waals surface area contributed by atoms with Gasteiger partial charge >= 0.3 is 0 Å². The van der Waals surface area contributed by atoms with Crippen LogP contribution >= 0.6 is 11.3 Å². The fraction of sp³-hybridized carbons (Fsp3) is 0.533. The number of carbonyl (C=O) groups excluding carboxylic acids is 1.